The molecule has 1 fully saturated rings. The van der Waals surface area contributed by atoms with E-state index < -0.39 is 0 Å². The van der Waals surface area contributed by atoms with Crippen molar-refractivity contribution in [2.45, 2.75) is 46.3 Å². The highest BCUT2D eigenvalue weighted by atomic mass is 35.5. The Hall–Kier alpha value is -2.48. The van der Waals surface area contributed by atoms with Gasteiger partial charge in [0, 0.05) is 49.2 Å². The third kappa shape index (κ3) is 6.60. The number of nitrogens with one attached hydrogen (secondary N) is 1. The molecule has 7 nitrogen and oxygen atoms in total. The number of fused-ring (bicyclic) bond motifs is 1. The minimum Gasteiger partial charge on any atom is -0.444 e. The number of hydrogen-bond donors (Lipinski definition) is 1. The number of cyclic esters (lactones) is 1. The van der Waals surface area contributed by atoms with Crippen molar-refractivity contribution in [1.29, 1.82) is 0 Å². The summed E-state index contributed by atoms with van der Waals surface area (Å²) in [5.41, 5.74) is 5.13. The summed E-state index contributed by atoms with van der Waals surface area (Å²) in [5, 5.41) is 3.01. The first-order chi connectivity index (χ1) is 16.0. The molecule has 1 saturated heterocycles. The average Bonchev–Trinajstić information content (AvgIpc) is 2.82. The maximum atomic E-state index is 12.6. The van der Waals surface area contributed by atoms with Crippen LogP contribution in [0.2, 0.25) is 0 Å². The molecule has 35 heavy (non-hydrogen) atoms. The van der Waals surface area contributed by atoms with E-state index in [1.54, 1.807) is 0 Å². The average molecular weight is 524 g/mol. The van der Waals surface area contributed by atoms with E-state index in [2.05, 4.69) is 29.0 Å². The van der Waals surface area contributed by atoms with E-state index in [9.17, 15) is 9.59 Å². The predicted molar refractivity (Wildman–Crippen MR) is 146 cm³/mol. The van der Waals surface area contributed by atoms with Crippen molar-refractivity contribution in [2.24, 2.45) is 0 Å². The molecule has 2 aliphatic heterocycles. The van der Waals surface area contributed by atoms with E-state index >= 15 is 0 Å². The lowest BCUT2D eigenvalue weighted by atomic mass is 9.99. The van der Waals surface area contributed by atoms with Crippen LogP contribution in [-0.2, 0) is 16.1 Å². The van der Waals surface area contributed by atoms with E-state index in [0.717, 1.165) is 67.2 Å². The summed E-state index contributed by atoms with van der Waals surface area (Å²) in [5.74, 6) is -0.0115. The maximum Gasteiger partial charge on any atom is 0.414 e. The Bertz CT molecular complexity index is 991. The monoisotopic (exact) mass is 522 g/mol. The number of piperidine rings is 1. The number of para-hydroxylation sites is 1. The van der Waals surface area contributed by atoms with E-state index in [-0.39, 0.29) is 42.9 Å². The Morgan fingerprint density at radius 3 is 2.34 bits per heavy atom. The molecule has 2 heterocycles. The van der Waals surface area contributed by atoms with Crippen molar-refractivity contribution in [1.82, 2.24) is 4.90 Å². The molecule has 4 rings (SSSR count). The summed E-state index contributed by atoms with van der Waals surface area (Å²) in [7, 11) is 0. The van der Waals surface area contributed by atoms with Crippen LogP contribution in [0.5, 0.6) is 0 Å². The first-order valence-electron chi connectivity index (χ1n) is 11.9. The Labute approximate surface area is 220 Å². The molecule has 2 aliphatic rings. The molecule has 2 amide bonds. The molecule has 192 valence electrons. The molecule has 2 aromatic carbocycles. The Morgan fingerprint density at radius 1 is 1.06 bits per heavy atom. The molecule has 9 heteroatoms. The van der Waals surface area contributed by atoms with Gasteiger partial charge in [-0.15, -0.1) is 24.8 Å². The van der Waals surface area contributed by atoms with Gasteiger partial charge in [-0.1, -0.05) is 18.2 Å². The van der Waals surface area contributed by atoms with Gasteiger partial charge in [0.2, 0.25) is 5.91 Å². The highest BCUT2D eigenvalue weighted by molar-refractivity contribution is 5.93. The van der Waals surface area contributed by atoms with Gasteiger partial charge in [0.15, 0.2) is 0 Å². The van der Waals surface area contributed by atoms with Crippen LogP contribution in [0.3, 0.4) is 0 Å². The van der Waals surface area contributed by atoms with Crippen LogP contribution in [-0.4, -0.2) is 55.7 Å². The number of aryl methyl sites for hydroxylation is 1. The van der Waals surface area contributed by atoms with Crippen LogP contribution >= 0.6 is 24.8 Å². The van der Waals surface area contributed by atoms with Crippen molar-refractivity contribution in [3.8, 4) is 0 Å². The molecule has 0 saturated carbocycles. The molecule has 2 aromatic rings. The van der Waals surface area contributed by atoms with Crippen molar-refractivity contribution < 1.29 is 14.3 Å². The van der Waals surface area contributed by atoms with Crippen LogP contribution < -0.4 is 15.1 Å². The van der Waals surface area contributed by atoms with Crippen LogP contribution in [0.25, 0.3) is 0 Å². The van der Waals surface area contributed by atoms with Gasteiger partial charge in [0.05, 0.1) is 12.2 Å². The highest BCUT2D eigenvalue weighted by Gasteiger charge is 2.35. The van der Waals surface area contributed by atoms with Crippen molar-refractivity contribution >= 4 is 53.9 Å². The molecule has 0 aliphatic carbocycles. The SMILES string of the molecule is CCN(CC)c1ccc(NC(=O)CN2CCC(N3C(=O)OCc4cccc(C)c43)CC2)cc1.Cl.Cl. The molecule has 0 unspecified atom stereocenters. The second-order valence-electron chi connectivity index (χ2n) is 8.78. The number of ether oxygens (including phenoxy) is 1. The minimum atomic E-state index is -0.263. The molecule has 0 atom stereocenters. The van der Waals surface area contributed by atoms with Crippen molar-refractivity contribution in [2.75, 3.05) is 47.8 Å². The Balaban J connectivity index is 0.00000216. The molecule has 1 N–H and O–H groups in total. The van der Waals surface area contributed by atoms with Crippen LogP contribution in [0.15, 0.2) is 42.5 Å². The van der Waals surface area contributed by atoms with E-state index in [0.29, 0.717) is 13.2 Å². The van der Waals surface area contributed by atoms with Crippen molar-refractivity contribution in [3.63, 3.8) is 0 Å². The number of carbonyl (C=O) groups is 2. The van der Waals surface area contributed by atoms with Gasteiger partial charge in [-0.05, 0) is 63.4 Å². The predicted octanol–water partition coefficient (Wildman–Crippen LogP) is 5.24. The first-order valence-corrected chi connectivity index (χ1v) is 11.9. The summed E-state index contributed by atoms with van der Waals surface area (Å²) in [4.78, 5) is 31.5. The van der Waals surface area contributed by atoms with Gasteiger partial charge in [0.25, 0.3) is 0 Å². The number of halogens is 2. The fourth-order valence-electron chi connectivity index (χ4n) is 4.90. The molecule has 0 spiro atoms. The fourth-order valence-corrected chi connectivity index (χ4v) is 4.90. The fraction of sp³-hybridized carbons (Fsp3) is 0.462. The maximum absolute atomic E-state index is 12.6. The molecule has 0 radical (unpaired) electrons. The smallest absolute Gasteiger partial charge is 0.414 e. The van der Waals surface area contributed by atoms with Crippen LogP contribution in [0, 0.1) is 6.92 Å². The van der Waals surface area contributed by atoms with Gasteiger partial charge in [-0.25, -0.2) is 4.79 Å². The van der Waals surface area contributed by atoms with E-state index in [1.165, 1.54) is 0 Å². The standard InChI is InChI=1S/C26H34N4O3.2ClH/c1-4-29(5-2)22-11-9-21(10-12-22)27-24(31)17-28-15-13-23(14-16-28)30-25-19(3)7-6-8-20(25)18-33-26(30)32;;/h6-12,23H,4-5,13-18H2,1-3H3,(H,27,31);2*1H. The Kier molecular flexibility index (Phi) is 10.7. The number of rotatable bonds is 7. The lowest BCUT2D eigenvalue weighted by molar-refractivity contribution is -0.117. The largest absolute Gasteiger partial charge is 0.444 e. The van der Waals surface area contributed by atoms with Crippen LogP contribution in [0.1, 0.15) is 37.8 Å². The quantitative estimate of drug-likeness (QED) is 0.538. The number of carbonyl (C=O) groups excluding carboxylic acids is 2. The third-order valence-corrected chi connectivity index (χ3v) is 6.68. The minimum absolute atomic E-state index is 0. The third-order valence-electron chi connectivity index (χ3n) is 6.68. The summed E-state index contributed by atoms with van der Waals surface area (Å²) in [6.07, 6.45) is 1.37. The molecular formula is C26H36Cl2N4O3. The molecule has 0 aromatic heterocycles. The van der Waals surface area contributed by atoms with Gasteiger partial charge in [-0.3, -0.25) is 14.6 Å². The van der Waals surface area contributed by atoms with Gasteiger partial charge < -0.3 is 15.0 Å². The lowest BCUT2D eigenvalue weighted by Gasteiger charge is -2.40. The van der Waals surface area contributed by atoms with Gasteiger partial charge >= 0.3 is 6.09 Å². The van der Waals surface area contributed by atoms with E-state index in [4.69, 9.17) is 4.74 Å². The highest BCUT2D eigenvalue weighted by Crippen LogP contribution is 2.34. The lowest BCUT2D eigenvalue weighted by Crippen LogP contribution is -2.50. The van der Waals surface area contributed by atoms with Gasteiger partial charge in [0.1, 0.15) is 6.61 Å². The van der Waals surface area contributed by atoms with E-state index in [1.807, 2.05) is 54.3 Å². The number of nitrogens with zero attached hydrogens (tertiary/aromatic N) is 3. The zero-order valence-corrected chi connectivity index (χ0v) is 22.3. The summed E-state index contributed by atoms with van der Waals surface area (Å²) >= 11 is 0. The Morgan fingerprint density at radius 2 is 1.71 bits per heavy atom. The summed E-state index contributed by atoms with van der Waals surface area (Å²) in [6.45, 7) is 10.4. The summed E-state index contributed by atoms with van der Waals surface area (Å²) in [6, 6.07) is 14.2. The number of likely N-dealkylation sites (tertiary alicyclic amines) is 1. The molecule has 0 bridgehead atoms. The zero-order chi connectivity index (χ0) is 23.4. The first kappa shape index (κ1) is 28.8. The number of anilines is 3. The number of hydrogen-bond acceptors (Lipinski definition) is 5. The second-order valence-corrected chi connectivity index (χ2v) is 8.78. The number of benzene rings is 2. The summed E-state index contributed by atoms with van der Waals surface area (Å²) < 4.78 is 5.43. The second kappa shape index (κ2) is 13.0. The van der Waals surface area contributed by atoms with Crippen LogP contribution in [0.4, 0.5) is 21.9 Å². The zero-order valence-electron chi connectivity index (χ0n) is 20.7. The topological polar surface area (TPSA) is 65.1 Å². The van der Waals surface area contributed by atoms with Gasteiger partial charge in [-0.2, -0.15) is 0 Å². The molecular weight excluding hydrogens is 487 g/mol. The van der Waals surface area contributed by atoms with Crippen molar-refractivity contribution in [3.05, 3.63) is 53.6 Å². The normalized spacial score (nSPS) is 15.9. The number of amides is 2.